The van der Waals surface area contributed by atoms with Gasteiger partial charge in [0.25, 0.3) is 0 Å². The van der Waals surface area contributed by atoms with E-state index in [9.17, 15) is 5.21 Å². The van der Waals surface area contributed by atoms with Crippen molar-refractivity contribution in [1.29, 1.82) is 0 Å². The summed E-state index contributed by atoms with van der Waals surface area (Å²) in [5.74, 6) is 0. The third kappa shape index (κ3) is 1.96. The Morgan fingerprint density at radius 2 is 2.00 bits per heavy atom. The molecule has 0 spiro atoms. The molecule has 15 heavy (non-hydrogen) atoms. The molecule has 0 aliphatic carbocycles. The molecule has 1 unspecified atom stereocenters. The van der Waals surface area contributed by atoms with Crippen LogP contribution in [0.15, 0.2) is 30.3 Å². The fourth-order valence-corrected chi connectivity index (χ4v) is 1.73. The minimum atomic E-state index is -0.390. The summed E-state index contributed by atoms with van der Waals surface area (Å²) in [5.41, 5.74) is 0.730. The van der Waals surface area contributed by atoms with Crippen LogP contribution in [-0.2, 0) is 4.74 Å². The van der Waals surface area contributed by atoms with Gasteiger partial charge in [-0.2, -0.15) is 4.74 Å². The number of hydroxylamine groups is 1. The SMILES string of the molecule is CC1(C)CC(c2ccccc2)OC=[N+]1[O-]. The van der Waals surface area contributed by atoms with Gasteiger partial charge in [-0.15, -0.1) is 0 Å². The summed E-state index contributed by atoms with van der Waals surface area (Å²) in [4.78, 5) is 0. The Kier molecular flexibility index (Phi) is 2.39. The van der Waals surface area contributed by atoms with Gasteiger partial charge in [0.05, 0.1) is 6.42 Å². The fourth-order valence-electron chi connectivity index (χ4n) is 1.73. The Balaban J connectivity index is 2.22. The maximum absolute atomic E-state index is 11.4. The van der Waals surface area contributed by atoms with E-state index >= 15 is 0 Å². The summed E-state index contributed by atoms with van der Waals surface area (Å²) in [5, 5.41) is 11.4. The van der Waals surface area contributed by atoms with Crippen molar-refractivity contribution in [1.82, 2.24) is 0 Å². The molecule has 1 atom stereocenters. The average Bonchev–Trinajstić information content (AvgIpc) is 2.23. The van der Waals surface area contributed by atoms with E-state index in [1.165, 1.54) is 6.40 Å². The van der Waals surface area contributed by atoms with Gasteiger partial charge < -0.3 is 9.94 Å². The number of ether oxygens (including phenoxy) is 1. The summed E-state index contributed by atoms with van der Waals surface area (Å²) in [6, 6.07) is 9.98. The highest BCUT2D eigenvalue weighted by Gasteiger charge is 2.36. The lowest BCUT2D eigenvalue weighted by atomic mass is 9.92. The van der Waals surface area contributed by atoms with Gasteiger partial charge >= 0.3 is 6.40 Å². The molecular weight excluding hydrogens is 190 g/mol. The molecule has 0 saturated carbocycles. The first kappa shape index (κ1) is 10.0. The monoisotopic (exact) mass is 205 g/mol. The van der Waals surface area contributed by atoms with Gasteiger partial charge in [0.1, 0.15) is 6.10 Å². The first-order valence-electron chi connectivity index (χ1n) is 5.10. The van der Waals surface area contributed by atoms with Crippen LogP contribution in [0, 0.1) is 5.21 Å². The molecule has 0 bridgehead atoms. The molecule has 1 heterocycles. The molecule has 0 aromatic heterocycles. The van der Waals surface area contributed by atoms with Crippen LogP contribution in [0.5, 0.6) is 0 Å². The zero-order valence-corrected chi connectivity index (χ0v) is 9.01. The summed E-state index contributed by atoms with van der Waals surface area (Å²) in [6.07, 6.45) is 1.98. The van der Waals surface area contributed by atoms with Crippen molar-refractivity contribution in [2.45, 2.75) is 31.9 Å². The highest BCUT2D eigenvalue weighted by molar-refractivity contribution is 5.42. The molecule has 1 aliphatic heterocycles. The summed E-state index contributed by atoms with van der Waals surface area (Å²) < 4.78 is 6.28. The van der Waals surface area contributed by atoms with Crippen molar-refractivity contribution >= 4 is 6.40 Å². The third-order valence-electron chi connectivity index (χ3n) is 2.77. The van der Waals surface area contributed by atoms with Crippen LogP contribution >= 0.6 is 0 Å². The van der Waals surface area contributed by atoms with Crippen molar-refractivity contribution in [3.05, 3.63) is 41.1 Å². The third-order valence-corrected chi connectivity index (χ3v) is 2.77. The van der Waals surface area contributed by atoms with E-state index < -0.39 is 5.54 Å². The van der Waals surface area contributed by atoms with E-state index in [2.05, 4.69) is 0 Å². The largest absolute Gasteiger partial charge is 0.621 e. The van der Waals surface area contributed by atoms with Gasteiger partial charge in [0.2, 0.25) is 0 Å². The normalized spacial score (nSPS) is 24.1. The Labute approximate surface area is 89.6 Å². The molecule has 0 saturated heterocycles. The lowest BCUT2D eigenvalue weighted by Crippen LogP contribution is -2.39. The summed E-state index contributed by atoms with van der Waals surface area (Å²) in [7, 11) is 0. The Bertz CT molecular complexity index is 370. The van der Waals surface area contributed by atoms with E-state index in [4.69, 9.17) is 4.74 Å². The smallest absolute Gasteiger partial charge is 0.336 e. The van der Waals surface area contributed by atoms with Gasteiger partial charge in [-0.3, -0.25) is 0 Å². The molecular formula is C12H15NO2. The van der Waals surface area contributed by atoms with E-state index in [-0.39, 0.29) is 6.10 Å². The summed E-state index contributed by atoms with van der Waals surface area (Å²) in [6.45, 7) is 3.85. The predicted octanol–water partition coefficient (Wildman–Crippen LogP) is 2.47. The second-order valence-electron chi connectivity index (χ2n) is 4.48. The molecule has 2 rings (SSSR count). The van der Waals surface area contributed by atoms with Gasteiger partial charge in [-0.1, -0.05) is 30.3 Å². The van der Waals surface area contributed by atoms with Crippen LogP contribution in [0.4, 0.5) is 0 Å². The topological polar surface area (TPSA) is 35.3 Å². The van der Waals surface area contributed by atoms with E-state index in [1.807, 2.05) is 44.2 Å². The van der Waals surface area contributed by atoms with Gasteiger partial charge in [0.15, 0.2) is 5.54 Å². The van der Waals surface area contributed by atoms with Crippen molar-refractivity contribution in [3.63, 3.8) is 0 Å². The molecule has 3 heteroatoms. The van der Waals surface area contributed by atoms with Crippen LogP contribution in [0.25, 0.3) is 0 Å². The molecule has 0 radical (unpaired) electrons. The number of hydrogen-bond acceptors (Lipinski definition) is 2. The van der Waals surface area contributed by atoms with Crippen LogP contribution in [0.1, 0.15) is 31.9 Å². The minimum absolute atomic E-state index is 0.00796. The molecule has 1 aromatic rings. The number of nitrogens with zero attached hydrogens (tertiary/aromatic N) is 1. The van der Waals surface area contributed by atoms with Gasteiger partial charge in [-0.05, 0) is 5.56 Å². The fraction of sp³-hybridized carbons (Fsp3) is 0.417. The van der Waals surface area contributed by atoms with E-state index in [0.717, 1.165) is 10.3 Å². The highest BCUT2D eigenvalue weighted by atomic mass is 16.6. The second kappa shape index (κ2) is 3.57. The molecule has 0 fully saturated rings. The maximum atomic E-state index is 11.4. The van der Waals surface area contributed by atoms with Gasteiger partial charge in [-0.25, -0.2) is 0 Å². The van der Waals surface area contributed by atoms with Crippen LogP contribution in [0.2, 0.25) is 0 Å². The van der Waals surface area contributed by atoms with Crippen LogP contribution in [0.3, 0.4) is 0 Å². The Hall–Kier alpha value is -1.51. The second-order valence-corrected chi connectivity index (χ2v) is 4.48. The molecule has 0 amide bonds. The van der Waals surface area contributed by atoms with Crippen molar-refractivity contribution in [2.24, 2.45) is 0 Å². The number of benzene rings is 1. The first-order valence-corrected chi connectivity index (χ1v) is 5.10. The zero-order valence-electron chi connectivity index (χ0n) is 9.01. The summed E-state index contributed by atoms with van der Waals surface area (Å²) >= 11 is 0. The molecule has 3 nitrogen and oxygen atoms in total. The zero-order chi connectivity index (χ0) is 10.9. The lowest BCUT2D eigenvalue weighted by Gasteiger charge is -2.31. The van der Waals surface area contributed by atoms with Gasteiger partial charge in [0, 0.05) is 13.8 Å². The highest BCUT2D eigenvalue weighted by Crippen LogP contribution is 2.31. The van der Waals surface area contributed by atoms with Crippen molar-refractivity contribution in [3.8, 4) is 0 Å². The molecule has 1 aliphatic rings. The van der Waals surface area contributed by atoms with E-state index in [1.54, 1.807) is 0 Å². The van der Waals surface area contributed by atoms with Crippen molar-refractivity contribution < 1.29 is 9.48 Å². The molecule has 1 aromatic carbocycles. The Morgan fingerprint density at radius 3 is 2.60 bits per heavy atom. The predicted molar refractivity (Wildman–Crippen MR) is 58.7 cm³/mol. The number of rotatable bonds is 1. The first-order chi connectivity index (χ1) is 7.09. The lowest BCUT2D eigenvalue weighted by molar-refractivity contribution is -0.556. The minimum Gasteiger partial charge on any atom is -0.621 e. The van der Waals surface area contributed by atoms with Crippen molar-refractivity contribution in [2.75, 3.05) is 0 Å². The molecule has 80 valence electrons. The van der Waals surface area contributed by atoms with Crippen LogP contribution in [-0.4, -0.2) is 16.7 Å². The standard InChI is InChI=1S/C12H15NO2/c1-12(2)8-11(15-9-13(12)14)10-6-4-3-5-7-10/h3-7,9,11H,8H2,1-2H3. The molecule has 0 N–H and O–H groups in total. The average molecular weight is 205 g/mol. The number of hydrogen-bond donors (Lipinski definition) is 0. The quantitative estimate of drug-likeness (QED) is 0.521. The van der Waals surface area contributed by atoms with Crippen LogP contribution < -0.4 is 0 Å². The maximum Gasteiger partial charge on any atom is 0.336 e. The van der Waals surface area contributed by atoms with E-state index in [0.29, 0.717) is 6.42 Å². The Morgan fingerprint density at radius 1 is 1.33 bits per heavy atom.